The molecule has 4 aromatic rings. The molecule has 1 aliphatic heterocycles. The Morgan fingerprint density at radius 1 is 1.18 bits per heavy atom. The molecule has 3 aromatic heterocycles. The van der Waals surface area contributed by atoms with E-state index in [2.05, 4.69) is 51.3 Å². The van der Waals surface area contributed by atoms with Gasteiger partial charge in [0.05, 0.1) is 11.6 Å². The van der Waals surface area contributed by atoms with Gasteiger partial charge in [-0.05, 0) is 61.2 Å². The number of nitrogens with one attached hydrogen (secondary N) is 2. The number of piperidine rings is 1. The van der Waals surface area contributed by atoms with Gasteiger partial charge in [-0.3, -0.25) is 4.90 Å². The van der Waals surface area contributed by atoms with Crippen molar-refractivity contribution in [2.75, 3.05) is 18.4 Å². The second-order valence-corrected chi connectivity index (χ2v) is 8.50. The third kappa shape index (κ3) is 3.24. The number of hydrogen-bond donors (Lipinski definition) is 2. The Hall–Kier alpha value is -2.86. The fraction of sp³-hybridized carbons (Fsp3) is 0.364. The first-order chi connectivity index (χ1) is 13.6. The molecule has 0 bridgehead atoms. The minimum absolute atomic E-state index is 0.457. The molecule has 1 fully saturated rings. The SMILES string of the molecule is CC1(C)CCN(Cc2c[nH]c3ncnc(Nc4ccc5occc5c4)c23)CC1. The van der Waals surface area contributed by atoms with Gasteiger partial charge in [0.25, 0.3) is 0 Å². The van der Waals surface area contributed by atoms with Gasteiger partial charge in [-0.25, -0.2) is 9.97 Å². The summed E-state index contributed by atoms with van der Waals surface area (Å²) in [5, 5.41) is 5.61. The first-order valence-corrected chi connectivity index (χ1v) is 9.85. The van der Waals surface area contributed by atoms with Gasteiger partial charge in [-0.15, -0.1) is 0 Å². The molecule has 0 radical (unpaired) electrons. The van der Waals surface area contributed by atoms with E-state index in [1.54, 1.807) is 12.6 Å². The van der Waals surface area contributed by atoms with E-state index in [1.165, 1.54) is 18.4 Å². The third-order valence-corrected chi connectivity index (χ3v) is 5.87. The standard InChI is InChI=1S/C22H25N5O/c1-22(2)6-8-27(9-7-22)13-16-12-23-20-19(16)21(25-14-24-20)26-17-3-4-18-15(11-17)5-10-28-18/h3-5,10-12,14H,6-9,13H2,1-2H3,(H2,23,24,25,26). The Balaban J connectivity index is 1.43. The molecule has 0 atom stereocenters. The fourth-order valence-electron chi connectivity index (χ4n) is 3.98. The van der Waals surface area contributed by atoms with Gasteiger partial charge >= 0.3 is 0 Å². The van der Waals surface area contributed by atoms with Gasteiger partial charge in [0.1, 0.15) is 23.4 Å². The minimum atomic E-state index is 0.457. The van der Waals surface area contributed by atoms with Gasteiger partial charge in [0.2, 0.25) is 0 Å². The smallest absolute Gasteiger partial charge is 0.143 e. The van der Waals surface area contributed by atoms with Crippen LogP contribution < -0.4 is 5.32 Å². The van der Waals surface area contributed by atoms with Crippen LogP contribution in [-0.4, -0.2) is 32.9 Å². The van der Waals surface area contributed by atoms with Gasteiger partial charge < -0.3 is 14.7 Å². The van der Waals surface area contributed by atoms with E-state index in [-0.39, 0.29) is 0 Å². The predicted molar refractivity (Wildman–Crippen MR) is 112 cm³/mol. The molecule has 0 spiro atoms. The number of fused-ring (bicyclic) bond motifs is 2. The largest absolute Gasteiger partial charge is 0.464 e. The number of aromatic nitrogens is 3. The molecular weight excluding hydrogens is 350 g/mol. The monoisotopic (exact) mass is 375 g/mol. The van der Waals surface area contributed by atoms with E-state index in [4.69, 9.17) is 4.42 Å². The van der Waals surface area contributed by atoms with E-state index in [9.17, 15) is 0 Å². The summed E-state index contributed by atoms with van der Waals surface area (Å²) in [5.74, 6) is 0.835. The highest BCUT2D eigenvalue weighted by Crippen LogP contribution is 2.32. The molecule has 6 heteroatoms. The van der Waals surface area contributed by atoms with Crippen LogP contribution in [0, 0.1) is 5.41 Å². The average Bonchev–Trinajstić information content (AvgIpc) is 3.31. The van der Waals surface area contributed by atoms with Gasteiger partial charge in [0, 0.05) is 23.8 Å². The maximum atomic E-state index is 5.44. The maximum absolute atomic E-state index is 5.44. The van der Waals surface area contributed by atoms with Crippen LogP contribution in [-0.2, 0) is 6.54 Å². The lowest BCUT2D eigenvalue weighted by Gasteiger charge is -2.36. The number of benzene rings is 1. The summed E-state index contributed by atoms with van der Waals surface area (Å²) in [6, 6.07) is 8.03. The van der Waals surface area contributed by atoms with E-state index in [1.807, 2.05) is 18.2 Å². The highest BCUT2D eigenvalue weighted by Gasteiger charge is 2.26. The second kappa shape index (κ2) is 6.63. The van der Waals surface area contributed by atoms with Crippen LogP contribution in [0.25, 0.3) is 22.0 Å². The normalized spacial score (nSPS) is 17.4. The zero-order chi connectivity index (χ0) is 19.1. The summed E-state index contributed by atoms with van der Waals surface area (Å²) in [6.07, 6.45) is 7.86. The molecule has 144 valence electrons. The van der Waals surface area contributed by atoms with Crippen LogP contribution in [0.15, 0.2) is 47.5 Å². The van der Waals surface area contributed by atoms with Crippen molar-refractivity contribution < 1.29 is 4.42 Å². The molecule has 1 aromatic carbocycles. The highest BCUT2D eigenvalue weighted by molar-refractivity contribution is 5.93. The quantitative estimate of drug-likeness (QED) is 0.521. The average molecular weight is 375 g/mol. The number of likely N-dealkylation sites (tertiary alicyclic amines) is 1. The van der Waals surface area contributed by atoms with Crippen molar-refractivity contribution in [3.8, 4) is 0 Å². The summed E-state index contributed by atoms with van der Waals surface area (Å²) in [7, 11) is 0. The van der Waals surface area contributed by atoms with Crippen LogP contribution in [0.3, 0.4) is 0 Å². The Morgan fingerprint density at radius 2 is 2.04 bits per heavy atom. The first kappa shape index (κ1) is 17.3. The fourth-order valence-corrected chi connectivity index (χ4v) is 3.98. The summed E-state index contributed by atoms with van der Waals surface area (Å²) < 4.78 is 5.44. The van der Waals surface area contributed by atoms with Crippen LogP contribution >= 0.6 is 0 Å². The Kier molecular flexibility index (Phi) is 4.09. The molecule has 28 heavy (non-hydrogen) atoms. The van der Waals surface area contributed by atoms with Gasteiger partial charge in [0.15, 0.2) is 0 Å². The van der Waals surface area contributed by atoms with Crippen molar-refractivity contribution in [3.63, 3.8) is 0 Å². The molecular formula is C22H25N5O. The molecule has 0 saturated carbocycles. The summed E-state index contributed by atoms with van der Waals surface area (Å²) in [4.78, 5) is 14.8. The van der Waals surface area contributed by atoms with E-state index in [0.717, 1.165) is 53.1 Å². The highest BCUT2D eigenvalue weighted by atomic mass is 16.3. The Morgan fingerprint density at radius 3 is 2.89 bits per heavy atom. The Bertz CT molecular complexity index is 1120. The number of furan rings is 1. The van der Waals surface area contributed by atoms with Crippen LogP contribution in [0.5, 0.6) is 0 Å². The van der Waals surface area contributed by atoms with Crippen molar-refractivity contribution in [1.29, 1.82) is 0 Å². The van der Waals surface area contributed by atoms with Crippen molar-refractivity contribution >= 4 is 33.5 Å². The van der Waals surface area contributed by atoms with Gasteiger partial charge in [-0.2, -0.15) is 0 Å². The molecule has 1 aliphatic rings. The topological polar surface area (TPSA) is 70.0 Å². The molecule has 4 heterocycles. The van der Waals surface area contributed by atoms with Crippen molar-refractivity contribution in [2.24, 2.45) is 5.41 Å². The van der Waals surface area contributed by atoms with E-state index in [0.29, 0.717) is 5.41 Å². The lowest BCUT2D eigenvalue weighted by molar-refractivity contribution is 0.127. The summed E-state index contributed by atoms with van der Waals surface area (Å²) in [6.45, 7) is 7.91. The summed E-state index contributed by atoms with van der Waals surface area (Å²) in [5.41, 5.74) is 4.43. The van der Waals surface area contributed by atoms with E-state index >= 15 is 0 Å². The third-order valence-electron chi connectivity index (χ3n) is 5.87. The molecule has 5 rings (SSSR count). The van der Waals surface area contributed by atoms with Gasteiger partial charge in [-0.1, -0.05) is 13.8 Å². The maximum Gasteiger partial charge on any atom is 0.143 e. The van der Waals surface area contributed by atoms with Crippen LogP contribution in [0.4, 0.5) is 11.5 Å². The van der Waals surface area contributed by atoms with Crippen molar-refractivity contribution in [1.82, 2.24) is 19.9 Å². The van der Waals surface area contributed by atoms with Crippen LogP contribution in [0.1, 0.15) is 32.3 Å². The van der Waals surface area contributed by atoms with E-state index < -0.39 is 0 Å². The first-order valence-electron chi connectivity index (χ1n) is 9.85. The summed E-state index contributed by atoms with van der Waals surface area (Å²) >= 11 is 0. The lowest BCUT2D eigenvalue weighted by Crippen LogP contribution is -2.36. The zero-order valence-corrected chi connectivity index (χ0v) is 16.3. The number of aromatic amines is 1. The van der Waals surface area contributed by atoms with Crippen molar-refractivity contribution in [3.05, 3.63) is 48.6 Å². The number of rotatable bonds is 4. The van der Waals surface area contributed by atoms with Crippen molar-refractivity contribution in [2.45, 2.75) is 33.2 Å². The Labute approximate surface area is 164 Å². The molecule has 0 aliphatic carbocycles. The predicted octanol–water partition coefficient (Wildman–Crippen LogP) is 5.07. The lowest BCUT2D eigenvalue weighted by atomic mass is 9.82. The number of anilines is 2. The molecule has 2 N–H and O–H groups in total. The molecule has 1 saturated heterocycles. The number of H-pyrrole nitrogens is 1. The van der Waals surface area contributed by atoms with Crippen LogP contribution in [0.2, 0.25) is 0 Å². The number of nitrogens with zero attached hydrogens (tertiary/aromatic N) is 3. The molecule has 6 nitrogen and oxygen atoms in total. The molecule has 0 unspecified atom stereocenters. The minimum Gasteiger partial charge on any atom is -0.464 e. The number of hydrogen-bond acceptors (Lipinski definition) is 5. The second-order valence-electron chi connectivity index (χ2n) is 8.50. The zero-order valence-electron chi connectivity index (χ0n) is 16.3. The molecule has 0 amide bonds.